The zero-order chi connectivity index (χ0) is 17.4. The highest BCUT2D eigenvalue weighted by molar-refractivity contribution is 8.00. The monoisotopic (exact) mass is 365 g/mol. The third-order valence-corrected chi connectivity index (χ3v) is 5.99. The third-order valence-electron chi connectivity index (χ3n) is 3.31. The Kier molecular flexibility index (Phi) is 6.84. The van der Waals surface area contributed by atoms with Crippen LogP contribution < -0.4 is 4.72 Å². The zero-order valence-electron chi connectivity index (χ0n) is 13.0. The number of nitrogens with one attached hydrogen (secondary N) is 1. The van der Waals surface area contributed by atoms with Crippen LogP contribution in [0.25, 0.3) is 0 Å². The van der Waals surface area contributed by atoms with Crippen LogP contribution in [-0.2, 0) is 21.2 Å². The number of carboxylic acid groups (broad SMARTS) is 1. The normalized spacial score (nSPS) is 12.7. The van der Waals surface area contributed by atoms with Crippen LogP contribution in [0.5, 0.6) is 0 Å². The van der Waals surface area contributed by atoms with E-state index in [1.807, 2.05) is 30.3 Å². The first-order valence-electron chi connectivity index (χ1n) is 7.42. The van der Waals surface area contributed by atoms with E-state index in [1.54, 1.807) is 18.2 Å². The summed E-state index contributed by atoms with van der Waals surface area (Å²) in [5.41, 5.74) is 0.947. The summed E-state index contributed by atoms with van der Waals surface area (Å²) in [6.07, 6.45) is 0.409. The van der Waals surface area contributed by atoms with Crippen molar-refractivity contribution in [1.82, 2.24) is 4.72 Å². The molecule has 0 bridgehead atoms. The van der Waals surface area contributed by atoms with Gasteiger partial charge in [0, 0.05) is 12.3 Å². The predicted molar refractivity (Wildman–Crippen MR) is 95.7 cm³/mol. The van der Waals surface area contributed by atoms with Gasteiger partial charge in [0.15, 0.2) is 0 Å². The number of hydrogen-bond donors (Lipinski definition) is 2. The fourth-order valence-corrected chi connectivity index (χ4v) is 4.25. The number of hydrogen-bond acceptors (Lipinski definition) is 4. The van der Waals surface area contributed by atoms with Crippen LogP contribution in [0.4, 0.5) is 0 Å². The molecular weight excluding hydrogens is 346 g/mol. The van der Waals surface area contributed by atoms with Gasteiger partial charge in [-0.05, 0) is 24.1 Å². The van der Waals surface area contributed by atoms with Crippen LogP contribution in [0.3, 0.4) is 0 Å². The zero-order valence-corrected chi connectivity index (χ0v) is 14.6. The summed E-state index contributed by atoms with van der Waals surface area (Å²) < 4.78 is 26.6. The average molecular weight is 365 g/mol. The van der Waals surface area contributed by atoms with Crippen molar-refractivity contribution < 1.29 is 18.3 Å². The number of thioether (sulfide) groups is 1. The standard InChI is InChI=1S/C17H19NO4S2/c19-17(20)16(13-14-7-3-1-4-8-14)23-12-11-18-24(21,22)15-9-5-2-6-10-15/h1-10,16,18H,11-13H2,(H,19,20). The van der Waals surface area contributed by atoms with E-state index in [0.29, 0.717) is 12.2 Å². The van der Waals surface area contributed by atoms with Gasteiger partial charge >= 0.3 is 5.97 Å². The highest BCUT2D eigenvalue weighted by Crippen LogP contribution is 2.17. The van der Waals surface area contributed by atoms with Gasteiger partial charge < -0.3 is 5.11 Å². The van der Waals surface area contributed by atoms with Crippen molar-refractivity contribution in [3.05, 3.63) is 66.2 Å². The molecule has 1 unspecified atom stereocenters. The first-order chi connectivity index (χ1) is 11.5. The summed E-state index contributed by atoms with van der Waals surface area (Å²) in [6.45, 7) is 0.181. The summed E-state index contributed by atoms with van der Waals surface area (Å²) >= 11 is 1.23. The number of carboxylic acids is 1. The quantitative estimate of drug-likeness (QED) is 0.667. The second-order valence-electron chi connectivity index (χ2n) is 5.10. The molecular formula is C17H19NO4S2. The lowest BCUT2D eigenvalue weighted by atomic mass is 10.1. The Balaban J connectivity index is 1.84. The van der Waals surface area contributed by atoms with Gasteiger partial charge in [-0.3, -0.25) is 4.79 Å². The van der Waals surface area contributed by atoms with Gasteiger partial charge in [0.05, 0.1) is 4.90 Å². The topological polar surface area (TPSA) is 83.5 Å². The molecule has 24 heavy (non-hydrogen) atoms. The van der Waals surface area contributed by atoms with Gasteiger partial charge in [-0.1, -0.05) is 48.5 Å². The molecule has 0 heterocycles. The lowest BCUT2D eigenvalue weighted by molar-refractivity contribution is -0.136. The second kappa shape index (κ2) is 8.86. The molecule has 0 aliphatic rings. The molecule has 0 radical (unpaired) electrons. The Labute approximate surface area is 146 Å². The number of aliphatic carboxylic acids is 1. The summed E-state index contributed by atoms with van der Waals surface area (Å²) in [7, 11) is -3.55. The number of carbonyl (C=O) groups is 1. The minimum atomic E-state index is -3.55. The molecule has 2 rings (SSSR count). The van der Waals surface area contributed by atoms with Gasteiger partial charge in [-0.25, -0.2) is 13.1 Å². The highest BCUT2D eigenvalue weighted by atomic mass is 32.2. The van der Waals surface area contributed by atoms with Crippen LogP contribution in [0.15, 0.2) is 65.6 Å². The first kappa shape index (κ1) is 18.5. The maximum Gasteiger partial charge on any atom is 0.316 e. The van der Waals surface area contributed by atoms with Crippen molar-refractivity contribution in [3.8, 4) is 0 Å². The molecule has 0 spiro atoms. The summed E-state index contributed by atoms with van der Waals surface area (Å²) in [5.74, 6) is -0.509. The minimum Gasteiger partial charge on any atom is -0.480 e. The maximum absolute atomic E-state index is 12.1. The molecule has 0 amide bonds. The van der Waals surface area contributed by atoms with Crippen molar-refractivity contribution in [1.29, 1.82) is 0 Å². The number of benzene rings is 2. The molecule has 0 aliphatic heterocycles. The molecule has 0 saturated heterocycles. The van der Waals surface area contributed by atoms with Gasteiger partial charge in [0.1, 0.15) is 5.25 Å². The van der Waals surface area contributed by atoms with Crippen LogP contribution in [0.1, 0.15) is 5.56 Å². The smallest absolute Gasteiger partial charge is 0.316 e. The van der Waals surface area contributed by atoms with E-state index in [1.165, 1.54) is 23.9 Å². The van der Waals surface area contributed by atoms with Crippen molar-refractivity contribution in [3.63, 3.8) is 0 Å². The van der Waals surface area contributed by atoms with E-state index in [0.717, 1.165) is 5.56 Å². The molecule has 5 nitrogen and oxygen atoms in total. The third kappa shape index (κ3) is 5.67. The largest absolute Gasteiger partial charge is 0.480 e. The molecule has 0 aliphatic carbocycles. The average Bonchev–Trinajstić information content (AvgIpc) is 2.59. The van der Waals surface area contributed by atoms with Crippen LogP contribution in [0.2, 0.25) is 0 Å². The molecule has 0 fully saturated rings. The molecule has 2 N–H and O–H groups in total. The molecule has 0 saturated carbocycles. The van der Waals surface area contributed by atoms with Gasteiger partial charge in [-0.2, -0.15) is 0 Å². The molecule has 128 valence electrons. The minimum absolute atomic E-state index is 0.181. The van der Waals surface area contributed by atoms with E-state index in [4.69, 9.17) is 0 Å². The van der Waals surface area contributed by atoms with Gasteiger partial charge in [-0.15, -0.1) is 11.8 Å². The molecule has 2 aromatic rings. The van der Waals surface area contributed by atoms with Gasteiger partial charge in [0.25, 0.3) is 0 Å². The molecule has 0 aromatic heterocycles. The Hall–Kier alpha value is -1.83. The summed E-state index contributed by atoms with van der Waals surface area (Å²) in [4.78, 5) is 11.6. The molecule has 2 aromatic carbocycles. The van der Waals surface area contributed by atoms with Crippen molar-refractivity contribution in [2.45, 2.75) is 16.6 Å². The Morgan fingerprint density at radius 1 is 1.04 bits per heavy atom. The fraction of sp³-hybridized carbons (Fsp3) is 0.235. The fourth-order valence-electron chi connectivity index (χ4n) is 2.11. The number of rotatable bonds is 9. The first-order valence-corrected chi connectivity index (χ1v) is 9.95. The van der Waals surface area contributed by atoms with Crippen molar-refractivity contribution in [2.24, 2.45) is 0 Å². The van der Waals surface area contributed by atoms with E-state index in [9.17, 15) is 18.3 Å². The molecule has 7 heteroatoms. The van der Waals surface area contributed by atoms with Crippen molar-refractivity contribution in [2.75, 3.05) is 12.3 Å². The lowest BCUT2D eigenvalue weighted by Crippen LogP contribution is -2.28. The van der Waals surface area contributed by atoms with E-state index in [-0.39, 0.29) is 11.4 Å². The summed E-state index contributed by atoms with van der Waals surface area (Å²) in [6, 6.07) is 17.5. The SMILES string of the molecule is O=C(O)C(Cc1ccccc1)SCCNS(=O)(=O)c1ccccc1. The van der Waals surface area contributed by atoms with E-state index >= 15 is 0 Å². The Bertz CT molecular complexity index is 749. The van der Waals surface area contributed by atoms with Gasteiger partial charge in [0.2, 0.25) is 10.0 Å². The van der Waals surface area contributed by atoms with Crippen LogP contribution in [0, 0.1) is 0 Å². The molecule has 1 atom stereocenters. The lowest BCUT2D eigenvalue weighted by Gasteiger charge is -2.12. The number of sulfonamides is 1. The van der Waals surface area contributed by atoms with Crippen molar-refractivity contribution >= 4 is 27.8 Å². The highest BCUT2D eigenvalue weighted by Gasteiger charge is 2.19. The van der Waals surface area contributed by atoms with E-state index in [2.05, 4.69) is 4.72 Å². The Morgan fingerprint density at radius 3 is 2.21 bits per heavy atom. The predicted octanol–water partition coefficient (Wildman–Crippen LogP) is 2.39. The maximum atomic E-state index is 12.1. The second-order valence-corrected chi connectivity index (χ2v) is 8.18. The Morgan fingerprint density at radius 2 is 1.62 bits per heavy atom. The van der Waals surface area contributed by atoms with E-state index < -0.39 is 21.2 Å². The van der Waals surface area contributed by atoms with Crippen LogP contribution >= 0.6 is 11.8 Å². The summed E-state index contributed by atoms with van der Waals surface area (Å²) in [5, 5.41) is 8.71. The van der Waals surface area contributed by atoms with Crippen LogP contribution in [-0.4, -0.2) is 37.0 Å².